The van der Waals surface area contributed by atoms with Gasteiger partial charge in [-0.15, -0.1) is 0 Å². The van der Waals surface area contributed by atoms with E-state index in [1.807, 2.05) is 0 Å². The Bertz CT molecular complexity index is 320. The third-order valence-electron chi connectivity index (χ3n) is 2.55. The van der Waals surface area contributed by atoms with Gasteiger partial charge in [0.15, 0.2) is 0 Å². The summed E-state index contributed by atoms with van der Waals surface area (Å²) >= 11 is 0. The van der Waals surface area contributed by atoms with E-state index in [2.05, 4.69) is 37.4 Å². The zero-order valence-corrected chi connectivity index (χ0v) is 10.5. The summed E-state index contributed by atoms with van der Waals surface area (Å²) in [4.78, 5) is 0. The molecule has 16 heavy (non-hydrogen) atoms. The van der Waals surface area contributed by atoms with Crippen molar-refractivity contribution in [2.45, 2.75) is 19.9 Å². The van der Waals surface area contributed by atoms with Crippen molar-refractivity contribution >= 4 is 0 Å². The number of nitrogens with one attached hydrogen (secondary N) is 1. The number of hydrogen-bond donors (Lipinski definition) is 1. The third-order valence-corrected chi connectivity index (χ3v) is 2.55. The fourth-order valence-corrected chi connectivity index (χ4v) is 1.78. The maximum atomic E-state index is 5.40. The Kier molecular flexibility index (Phi) is 5.29. The normalized spacial score (nSPS) is 12.5. The molecule has 0 spiro atoms. The Hall–Kier alpha value is -1.06. The summed E-state index contributed by atoms with van der Waals surface area (Å²) in [5.74, 6) is 0.919. The molecule has 0 aliphatic rings. The van der Waals surface area contributed by atoms with Crippen LogP contribution in [0.3, 0.4) is 0 Å². The van der Waals surface area contributed by atoms with Gasteiger partial charge < -0.3 is 14.8 Å². The third kappa shape index (κ3) is 3.22. The van der Waals surface area contributed by atoms with Gasteiger partial charge in [-0.25, -0.2) is 0 Å². The maximum absolute atomic E-state index is 5.40. The molecule has 0 saturated heterocycles. The Morgan fingerprint density at radius 1 is 1.31 bits per heavy atom. The van der Waals surface area contributed by atoms with Gasteiger partial charge in [0.1, 0.15) is 5.75 Å². The van der Waals surface area contributed by atoms with Gasteiger partial charge in [-0.3, -0.25) is 0 Å². The van der Waals surface area contributed by atoms with Crippen molar-refractivity contribution in [2.75, 3.05) is 27.4 Å². The van der Waals surface area contributed by atoms with Crippen molar-refractivity contribution in [1.82, 2.24) is 5.32 Å². The summed E-state index contributed by atoms with van der Waals surface area (Å²) in [5, 5.41) is 3.39. The number of hydrogen-bond acceptors (Lipinski definition) is 3. The van der Waals surface area contributed by atoms with Crippen LogP contribution in [0.4, 0.5) is 0 Å². The highest BCUT2D eigenvalue weighted by Gasteiger charge is 2.14. The molecule has 0 aliphatic heterocycles. The van der Waals surface area contributed by atoms with Gasteiger partial charge in [-0.2, -0.15) is 0 Å². The summed E-state index contributed by atoms with van der Waals surface area (Å²) in [6.07, 6.45) is 0. The van der Waals surface area contributed by atoms with Crippen LogP contribution in [0, 0.1) is 6.92 Å². The number of aryl methyl sites for hydroxylation is 1. The molecule has 0 radical (unpaired) electrons. The lowest BCUT2D eigenvalue weighted by Crippen LogP contribution is -2.25. The SMILES string of the molecule is CCNC(COC)c1ccc(C)cc1OC. The van der Waals surface area contributed by atoms with Crippen molar-refractivity contribution in [3.63, 3.8) is 0 Å². The minimum atomic E-state index is 0.186. The average Bonchev–Trinajstić information content (AvgIpc) is 2.28. The highest BCUT2D eigenvalue weighted by atomic mass is 16.5. The highest BCUT2D eigenvalue weighted by Crippen LogP contribution is 2.26. The van der Waals surface area contributed by atoms with Crippen LogP contribution >= 0.6 is 0 Å². The number of likely N-dealkylation sites (N-methyl/N-ethyl adjacent to an activating group) is 1. The quantitative estimate of drug-likeness (QED) is 0.802. The van der Waals surface area contributed by atoms with E-state index >= 15 is 0 Å². The second-order valence-corrected chi connectivity index (χ2v) is 3.81. The molecule has 3 nitrogen and oxygen atoms in total. The first-order valence-electron chi connectivity index (χ1n) is 5.59. The molecule has 0 amide bonds. The van der Waals surface area contributed by atoms with E-state index in [1.165, 1.54) is 5.56 Å². The molecule has 0 heterocycles. The molecule has 0 bridgehead atoms. The fourth-order valence-electron chi connectivity index (χ4n) is 1.78. The molecular weight excluding hydrogens is 202 g/mol. The number of ether oxygens (including phenoxy) is 2. The van der Waals surface area contributed by atoms with Gasteiger partial charge in [0.25, 0.3) is 0 Å². The summed E-state index contributed by atoms with van der Waals surface area (Å²) in [7, 11) is 3.42. The Labute approximate surface area is 97.8 Å². The van der Waals surface area contributed by atoms with Crippen LogP contribution in [0.25, 0.3) is 0 Å². The Morgan fingerprint density at radius 2 is 2.06 bits per heavy atom. The van der Waals surface area contributed by atoms with Crippen LogP contribution in [-0.2, 0) is 4.74 Å². The molecule has 1 unspecified atom stereocenters. The largest absolute Gasteiger partial charge is 0.496 e. The predicted molar refractivity (Wildman–Crippen MR) is 66.0 cm³/mol. The van der Waals surface area contributed by atoms with Gasteiger partial charge in [0.2, 0.25) is 0 Å². The summed E-state index contributed by atoms with van der Waals surface area (Å²) < 4.78 is 10.6. The molecule has 0 aromatic heterocycles. The summed E-state index contributed by atoms with van der Waals surface area (Å²) in [6, 6.07) is 6.43. The topological polar surface area (TPSA) is 30.5 Å². The van der Waals surface area contributed by atoms with E-state index < -0.39 is 0 Å². The molecule has 1 aromatic carbocycles. The monoisotopic (exact) mass is 223 g/mol. The average molecular weight is 223 g/mol. The minimum absolute atomic E-state index is 0.186. The zero-order valence-electron chi connectivity index (χ0n) is 10.5. The van der Waals surface area contributed by atoms with Crippen LogP contribution in [0.2, 0.25) is 0 Å². The van der Waals surface area contributed by atoms with Crippen LogP contribution in [0.15, 0.2) is 18.2 Å². The minimum Gasteiger partial charge on any atom is -0.496 e. The zero-order chi connectivity index (χ0) is 12.0. The standard InChI is InChI=1S/C13H21NO2/c1-5-14-12(9-15-3)11-7-6-10(2)8-13(11)16-4/h6-8,12,14H,5,9H2,1-4H3. The molecule has 90 valence electrons. The lowest BCUT2D eigenvalue weighted by Gasteiger charge is -2.20. The molecular formula is C13H21NO2. The van der Waals surface area contributed by atoms with Crippen LogP contribution < -0.4 is 10.1 Å². The fraction of sp³-hybridized carbons (Fsp3) is 0.538. The van der Waals surface area contributed by atoms with E-state index in [-0.39, 0.29) is 6.04 Å². The number of rotatable bonds is 6. The lowest BCUT2D eigenvalue weighted by molar-refractivity contribution is 0.166. The van der Waals surface area contributed by atoms with Gasteiger partial charge >= 0.3 is 0 Å². The molecule has 1 N–H and O–H groups in total. The molecule has 0 aliphatic carbocycles. The Morgan fingerprint density at radius 3 is 2.62 bits per heavy atom. The van der Waals surface area contributed by atoms with Crippen molar-refractivity contribution in [1.29, 1.82) is 0 Å². The first kappa shape index (κ1) is 13.0. The summed E-state index contributed by atoms with van der Waals surface area (Å²) in [5.41, 5.74) is 2.35. The smallest absolute Gasteiger partial charge is 0.123 e. The number of benzene rings is 1. The van der Waals surface area contributed by atoms with Crippen molar-refractivity contribution in [2.24, 2.45) is 0 Å². The second-order valence-electron chi connectivity index (χ2n) is 3.81. The van der Waals surface area contributed by atoms with Gasteiger partial charge in [-0.05, 0) is 25.1 Å². The van der Waals surface area contributed by atoms with Crippen molar-refractivity contribution in [3.8, 4) is 5.75 Å². The van der Waals surface area contributed by atoms with E-state index in [0.29, 0.717) is 6.61 Å². The second kappa shape index (κ2) is 6.51. The molecule has 3 heteroatoms. The first-order valence-corrected chi connectivity index (χ1v) is 5.59. The van der Waals surface area contributed by atoms with E-state index in [9.17, 15) is 0 Å². The molecule has 0 saturated carbocycles. The lowest BCUT2D eigenvalue weighted by atomic mass is 10.0. The molecule has 1 rings (SSSR count). The maximum Gasteiger partial charge on any atom is 0.123 e. The van der Waals surface area contributed by atoms with Gasteiger partial charge in [-0.1, -0.05) is 19.1 Å². The highest BCUT2D eigenvalue weighted by molar-refractivity contribution is 5.39. The predicted octanol–water partition coefficient (Wildman–Crippen LogP) is 2.30. The van der Waals surface area contributed by atoms with Crippen molar-refractivity contribution < 1.29 is 9.47 Å². The van der Waals surface area contributed by atoms with E-state index in [4.69, 9.17) is 9.47 Å². The molecule has 0 fully saturated rings. The number of methoxy groups -OCH3 is 2. The van der Waals surface area contributed by atoms with E-state index in [0.717, 1.165) is 17.9 Å². The molecule has 1 atom stereocenters. The van der Waals surface area contributed by atoms with E-state index in [1.54, 1.807) is 14.2 Å². The molecule has 1 aromatic rings. The first-order chi connectivity index (χ1) is 7.72. The Balaban J connectivity index is 2.97. The van der Waals surface area contributed by atoms with Gasteiger partial charge in [0.05, 0.1) is 19.8 Å². The van der Waals surface area contributed by atoms with Gasteiger partial charge in [0, 0.05) is 12.7 Å². The van der Waals surface area contributed by atoms with Crippen LogP contribution in [0.5, 0.6) is 5.75 Å². The summed E-state index contributed by atoms with van der Waals surface area (Å²) in [6.45, 7) is 5.70. The van der Waals surface area contributed by atoms with Crippen LogP contribution in [-0.4, -0.2) is 27.4 Å². The van der Waals surface area contributed by atoms with Crippen molar-refractivity contribution in [3.05, 3.63) is 29.3 Å². The van der Waals surface area contributed by atoms with Crippen LogP contribution in [0.1, 0.15) is 24.1 Å².